The maximum absolute atomic E-state index is 13.6. The Morgan fingerprint density at radius 1 is 1.00 bits per heavy atom. The third-order valence-electron chi connectivity index (χ3n) is 5.39. The Kier molecular flexibility index (Phi) is 6.10. The molecule has 33 heavy (non-hydrogen) atoms. The second-order valence-electron chi connectivity index (χ2n) is 7.61. The number of phenolic OH excluding ortho intramolecular Hbond substituents is 1. The predicted molar refractivity (Wildman–Crippen MR) is 137 cm³/mol. The number of nitrogens with zero attached hydrogens (tertiary/aromatic N) is 3. The number of rotatable bonds is 4. The molecule has 2 aliphatic heterocycles. The van der Waals surface area contributed by atoms with Crippen molar-refractivity contribution in [3.8, 4) is 5.75 Å². The van der Waals surface area contributed by atoms with Gasteiger partial charge in [0, 0.05) is 23.5 Å². The number of fused-ring (bicyclic) bond motifs is 1. The van der Waals surface area contributed by atoms with Gasteiger partial charge in [0.2, 0.25) is 0 Å². The lowest BCUT2D eigenvalue weighted by Gasteiger charge is -2.17. The standard InChI is InChI=1S/C25H20ClN3O2S2/c1-28-20-15-17(26)7-12-21(20)32-24(28)22-23(31)29(14-13-16-5-3-2-4-6-16)25(33-22)27-18-8-10-19(30)11-9-18/h2-12,15,30H,13-14H2,1H3/b24-22-,27-25?. The normalized spacial score (nSPS) is 19.0. The summed E-state index contributed by atoms with van der Waals surface area (Å²) in [7, 11) is 1.95. The highest BCUT2D eigenvalue weighted by atomic mass is 35.5. The van der Waals surface area contributed by atoms with Crippen molar-refractivity contribution in [1.29, 1.82) is 0 Å². The van der Waals surface area contributed by atoms with Crippen molar-refractivity contribution >= 4 is 57.6 Å². The number of benzene rings is 3. The third kappa shape index (κ3) is 4.49. The van der Waals surface area contributed by atoms with Crippen LogP contribution in [0.1, 0.15) is 5.56 Å². The fraction of sp³-hybridized carbons (Fsp3) is 0.120. The van der Waals surface area contributed by atoms with E-state index in [1.807, 2.05) is 48.3 Å². The number of amides is 1. The maximum atomic E-state index is 13.6. The quantitative estimate of drug-likeness (QED) is 0.434. The molecule has 0 bridgehead atoms. The topological polar surface area (TPSA) is 56.1 Å². The van der Waals surface area contributed by atoms with E-state index in [9.17, 15) is 9.90 Å². The predicted octanol–water partition coefficient (Wildman–Crippen LogP) is 6.26. The molecule has 1 fully saturated rings. The number of aliphatic imine (C=N–C) groups is 1. The average molecular weight is 494 g/mol. The summed E-state index contributed by atoms with van der Waals surface area (Å²) in [6, 6.07) is 22.5. The molecule has 8 heteroatoms. The van der Waals surface area contributed by atoms with E-state index < -0.39 is 0 Å². The van der Waals surface area contributed by atoms with E-state index in [0.29, 0.717) is 27.3 Å². The second kappa shape index (κ2) is 9.17. The van der Waals surface area contributed by atoms with Crippen molar-refractivity contribution in [2.24, 2.45) is 4.99 Å². The molecule has 0 aliphatic carbocycles. The van der Waals surface area contributed by atoms with E-state index in [0.717, 1.165) is 27.6 Å². The van der Waals surface area contributed by atoms with Crippen LogP contribution in [0.2, 0.25) is 5.02 Å². The number of hydrogen-bond acceptors (Lipinski definition) is 6. The van der Waals surface area contributed by atoms with Crippen LogP contribution in [-0.2, 0) is 11.2 Å². The van der Waals surface area contributed by atoms with Crippen LogP contribution in [0.25, 0.3) is 0 Å². The first-order chi connectivity index (χ1) is 16.0. The molecule has 5 nitrogen and oxygen atoms in total. The van der Waals surface area contributed by atoms with E-state index >= 15 is 0 Å². The molecule has 1 saturated heterocycles. The largest absolute Gasteiger partial charge is 0.508 e. The lowest BCUT2D eigenvalue weighted by molar-refractivity contribution is -0.122. The zero-order chi connectivity index (χ0) is 22.9. The summed E-state index contributed by atoms with van der Waals surface area (Å²) in [6.45, 7) is 0.525. The van der Waals surface area contributed by atoms with Crippen LogP contribution in [0.4, 0.5) is 11.4 Å². The molecule has 2 heterocycles. The number of carbonyl (C=O) groups excluding carboxylic acids is 1. The van der Waals surface area contributed by atoms with E-state index in [4.69, 9.17) is 16.6 Å². The van der Waals surface area contributed by atoms with Gasteiger partial charge in [0.15, 0.2) is 5.17 Å². The van der Waals surface area contributed by atoms with Gasteiger partial charge < -0.3 is 10.0 Å². The van der Waals surface area contributed by atoms with Crippen LogP contribution >= 0.6 is 35.1 Å². The number of aromatic hydroxyl groups is 1. The van der Waals surface area contributed by atoms with Gasteiger partial charge in [-0.05, 0) is 66.2 Å². The smallest absolute Gasteiger partial charge is 0.269 e. The van der Waals surface area contributed by atoms with Crippen molar-refractivity contribution < 1.29 is 9.90 Å². The molecule has 0 aromatic heterocycles. The number of thioether (sulfide) groups is 2. The first-order valence-corrected chi connectivity index (χ1v) is 12.4. The number of amidine groups is 1. The second-order valence-corrected chi connectivity index (χ2v) is 10.1. The molecule has 0 atom stereocenters. The Labute approximate surface area is 205 Å². The number of carbonyl (C=O) groups is 1. The number of anilines is 1. The first kappa shape index (κ1) is 21.9. The van der Waals surface area contributed by atoms with Crippen molar-refractivity contribution in [3.05, 3.63) is 93.3 Å². The van der Waals surface area contributed by atoms with Crippen LogP contribution in [0, 0.1) is 0 Å². The highest BCUT2D eigenvalue weighted by Gasteiger charge is 2.39. The number of hydrogen-bond donors (Lipinski definition) is 1. The number of phenols is 1. The molecule has 3 aromatic carbocycles. The number of halogens is 1. The first-order valence-electron chi connectivity index (χ1n) is 10.4. The fourth-order valence-electron chi connectivity index (χ4n) is 3.66. The lowest BCUT2D eigenvalue weighted by atomic mass is 10.1. The molecule has 5 rings (SSSR count). The van der Waals surface area contributed by atoms with E-state index in [-0.39, 0.29) is 11.7 Å². The lowest BCUT2D eigenvalue weighted by Crippen LogP contribution is -2.31. The van der Waals surface area contributed by atoms with E-state index in [2.05, 4.69) is 12.1 Å². The molecular weight excluding hydrogens is 474 g/mol. The molecule has 166 valence electrons. The van der Waals surface area contributed by atoms with Crippen molar-refractivity contribution in [1.82, 2.24) is 4.90 Å². The zero-order valence-corrected chi connectivity index (χ0v) is 20.1. The Bertz CT molecular complexity index is 1280. The highest BCUT2D eigenvalue weighted by molar-refractivity contribution is 8.19. The Morgan fingerprint density at radius 3 is 2.52 bits per heavy atom. The van der Waals surface area contributed by atoms with Crippen LogP contribution in [-0.4, -0.2) is 34.7 Å². The van der Waals surface area contributed by atoms with Crippen LogP contribution in [0.5, 0.6) is 5.75 Å². The molecule has 1 N–H and O–H groups in total. The summed E-state index contributed by atoms with van der Waals surface area (Å²) in [6.07, 6.45) is 0.725. The molecule has 2 aliphatic rings. The van der Waals surface area contributed by atoms with Gasteiger partial charge in [-0.15, -0.1) is 0 Å². The molecular formula is C25H20ClN3O2S2. The zero-order valence-electron chi connectivity index (χ0n) is 17.7. The summed E-state index contributed by atoms with van der Waals surface area (Å²) >= 11 is 9.16. The van der Waals surface area contributed by atoms with Gasteiger partial charge in [-0.25, -0.2) is 4.99 Å². The van der Waals surface area contributed by atoms with Crippen LogP contribution in [0.15, 0.2) is 92.6 Å². The van der Waals surface area contributed by atoms with Gasteiger partial charge in [0.1, 0.15) is 10.7 Å². The van der Waals surface area contributed by atoms with Crippen LogP contribution in [0.3, 0.4) is 0 Å². The molecule has 0 radical (unpaired) electrons. The molecule has 1 amide bonds. The molecule has 0 saturated carbocycles. The molecule has 3 aromatic rings. The van der Waals surface area contributed by atoms with Gasteiger partial charge in [0.25, 0.3) is 5.91 Å². The van der Waals surface area contributed by atoms with Crippen molar-refractivity contribution in [2.75, 3.05) is 18.5 Å². The third-order valence-corrected chi connectivity index (χ3v) is 8.06. The summed E-state index contributed by atoms with van der Waals surface area (Å²) in [4.78, 5) is 23.8. The van der Waals surface area contributed by atoms with Gasteiger partial charge >= 0.3 is 0 Å². The molecule has 0 spiro atoms. The van der Waals surface area contributed by atoms with E-state index in [1.54, 1.807) is 40.9 Å². The minimum atomic E-state index is -0.0540. The van der Waals surface area contributed by atoms with Crippen molar-refractivity contribution in [3.63, 3.8) is 0 Å². The average Bonchev–Trinajstić information content (AvgIpc) is 3.30. The van der Waals surface area contributed by atoms with Gasteiger partial charge in [-0.3, -0.25) is 9.69 Å². The SMILES string of the molecule is CN1/C(=C2/SC(=Nc3ccc(O)cc3)N(CCc3ccccc3)C2=O)Sc2ccc(Cl)cc21. The summed E-state index contributed by atoms with van der Waals surface area (Å²) in [5.74, 6) is 0.125. The monoisotopic (exact) mass is 493 g/mol. The summed E-state index contributed by atoms with van der Waals surface area (Å²) < 4.78 is 0. The maximum Gasteiger partial charge on any atom is 0.269 e. The Hall–Kier alpha value is -2.87. The summed E-state index contributed by atoms with van der Waals surface area (Å²) in [5.41, 5.74) is 2.83. The minimum absolute atomic E-state index is 0.0540. The molecule has 0 unspecified atom stereocenters. The fourth-order valence-corrected chi connectivity index (χ4v) is 6.17. The summed E-state index contributed by atoms with van der Waals surface area (Å²) in [5, 5.41) is 11.8. The minimum Gasteiger partial charge on any atom is -0.508 e. The van der Waals surface area contributed by atoms with Crippen LogP contribution < -0.4 is 4.90 Å². The van der Waals surface area contributed by atoms with E-state index in [1.165, 1.54) is 11.8 Å². The van der Waals surface area contributed by atoms with Crippen molar-refractivity contribution in [2.45, 2.75) is 11.3 Å². The highest BCUT2D eigenvalue weighted by Crippen LogP contribution is 2.50. The van der Waals surface area contributed by atoms with Gasteiger partial charge in [0.05, 0.1) is 16.4 Å². The Morgan fingerprint density at radius 2 is 1.76 bits per heavy atom. The van der Waals surface area contributed by atoms with Gasteiger partial charge in [-0.1, -0.05) is 53.7 Å². The Balaban J connectivity index is 1.50. The van der Waals surface area contributed by atoms with Gasteiger partial charge in [-0.2, -0.15) is 0 Å².